The van der Waals surface area contributed by atoms with Crippen LogP contribution in [-0.2, 0) is 35.2 Å². The number of unbranched alkanes of at least 4 members (excludes halogenated alkanes) is 1. The molecule has 1 saturated heterocycles. The number of halogens is 4. The van der Waals surface area contributed by atoms with E-state index in [-0.39, 0.29) is 129 Å². The number of methoxy groups -OCH3 is 1. The van der Waals surface area contributed by atoms with Crippen LogP contribution in [0.2, 0.25) is 20.6 Å². The number of morpholine rings is 1. The van der Waals surface area contributed by atoms with Crippen LogP contribution in [0.1, 0.15) is 148 Å². The van der Waals surface area contributed by atoms with Crippen LogP contribution in [0.5, 0.6) is 23.0 Å². The molecule has 24 N–H and O–H groups in total. The van der Waals surface area contributed by atoms with Crippen LogP contribution in [0.25, 0.3) is 0 Å². The molecule has 0 spiro atoms. The van der Waals surface area contributed by atoms with E-state index in [4.69, 9.17) is 126 Å². The molecule has 0 saturated carbocycles. The van der Waals surface area contributed by atoms with Gasteiger partial charge in [-0.15, -0.1) is 0 Å². The summed E-state index contributed by atoms with van der Waals surface area (Å²) in [6, 6.07) is 31.4. The Hall–Kier alpha value is -12.2. The minimum absolute atomic E-state index is 0.00590. The lowest BCUT2D eigenvalue weighted by Crippen LogP contribution is -2.42. The van der Waals surface area contributed by atoms with Crippen molar-refractivity contribution in [1.29, 1.82) is 0 Å². The van der Waals surface area contributed by atoms with E-state index in [9.17, 15) is 34.2 Å². The summed E-state index contributed by atoms with van der Waals surface area (Å²) in [7, 11) is 1.67. The third kappa shape index (κ3) is 31.6. The first kappa shape index (κ1) is 99.0. The van der Waals surface area contributed by atoms with Gasteiger partial charge in [0, 0.05) is 65.0 Å². The van der Waals surface area contributed by atoms with Gasteiger partial charge in [0.1, 0.15) is 71.8 Å². The van der Waals surface area contributed by atoms with Gasteiger partial charge in [-0.05, 0) is 172 Å². The minimum Gasteiger partial charge on any atom is -0.497 e. The zero-order valence-electron chi connectivity index (χ0n) is 71.2. The molecule has 1 fully saturated rings. The number of nitrogen functional groups attached to an aromatic ring is 8. The van der Waals surface area contributed by atoms with Crippen molar-refractivity contribution in [3.8, 4) is 23.0 Å². The minimum atomic E-state index is -0.882. The number of hydrogen-bond donors (Lipinski definition) is 16. The topological polar surface area (TPSA) is 625 Å². The number of nitrogens with two attached hydrogens (primary N) is 8. The highest BCUT2D eigenvalue weighted by molar-refractivity contribution is 6.33. The van der Waals surface area contributed by atoms with E-state index in [1.165, 1.54) is 22.3 Å². The number of nitrogens with one attached hydrogen (secondary N) is 4. The zero-order chi connectivity index (χ0) is 92.5. The van der Waals surface area contributed by atoms with Gasteiger partial charge in [0.05, 0.1) is 33.5 Å². The Bertz CT molecular complexity index is 5080. The van der Waals surface area contributed by atoms with Crippen molar-refractivity contribution in [3.63, 3.8) is 0 Å². The van der Waals surface area contributed by atoms with Gasteiger partial charge >= 0.3 is 0 Å². The number of carbonyl (C=O) groups excluding carboxylic acids is 5. The fraction of sp³-hybridized carbons (Fsp3) is 0.430. The molecule has 1 unspecified atom stereocenters. The third-order valence-corrected chi connectivity index (χ3v) is 22.2. The second-order valence-corrected chi connectivity index (χ2v) is 32.5. The number of nitrogens with zero attached hydrogens (tertiary/aromatic N) is 13. The van der Waals surface area contributed by atoms with Crippen LogP contribution in [-0.4, -0.2) is 223 Å². The molecular weight excluding hydrogens is 1750 g/mol. The Kier molecular flexibility index (Phi) is 38.3. The molecule has 43 heteroatoms. The van der Waals surface area contributed by atoms with Crippen molar-refractivity contribution in [2.75, 3.05) is 138 Å². The van der Waals surface area contributed by atoms with Crippen molar-refractivity contribution < 1.29 is 68.1 Å². The summed E-state index contributed by atoms with van der Waals surface area (Å²) in [6.45, 7) is 4.54. The van der Waals surface area contributed by atoms with Gasteiger partial charge in [0.15, 0.2) is 96.5 Å². The first-order chi connectivity index (χ1) is 62.0. The number of carbonyl (C=O) groups is 5. The van der Waals surface area contributed by atoms with Gasteiger partial charge in [0.25, 0.3) is 29.5 Å². The van der Waals surface area contributed by atoms with Crippen molar-refractivity contribution in [2.24, 2.45) is 43.6 Å². The predicted octanol–water partition coefficient (Wildman–Crippen LogP) is 6.96. The maximum atomic E-state index is 12.5. The molecule has 0 radical (unpaired) electrons. The average molecular weight is 1860 g/mol. The summed E-state index contributed by atoms with van der Waals surface area (Å²) in [6.07, 6.45) is 13.9. The van der Waals surface area contributed by atoms with Crippen LogP contribution in [0.3, 0.4) is 0 Å². The zero-order valence-corrected chi connectivity index (χ0v) is 74.3. The second-order valence-electron chi connectivity index (χ2n) is 31.1. The fourth-order valence-corrected chi connectivity index (χ4v) is 14.5. The summed E-state index contributed by atoms with van der Waals surface area (Å²) < 4.78 is 26.9. The Morgan fingerprint density at radius 2 is 0.667 bits per heavy atom. The Morgan fingerprint density at radius 3 is 0.953 bits per heavy atom. The third-order valence-electron chi connectivity index (χ3n) is 21.1. The van der Waals surface area contributed by atoms with Crippen LogP contribution < -0.4 is 86.1 Å². The predicted molar refractivity (Wildman–Crippen MR) is 494 cm³/mol. The molecule has 690 valence electrons. The number of amidine groups is 4. The number of aliphatic hydroxyl groups excluding tert-OH is 4. The molecular formula is C86H109Cl4N25O14. The number of aryl methyl sites for hydroxylation is 4. The standard InChI is InChI=1S/C24H30ClN7O4.2C21H27ClN6O4.C20H25ClN6O2/c25-21-23(27)31-22(26)20(30-21)24(34)29-18-12-16(13-28-18)3-1-2-15-4-6-17(7-5-15)36-14-19(33)32-8-10-35-11-9-32;2*22-18-20(24)28-19(23)17(27-18)21(31)26-16-8-13(9-25-16)3-1-2-12-4-6-15(7-5-12)32-11-14(30)10-29;1-29-14-8-6-12(7-9-14)4-2-3-5-13-10-15(24-11-13)25-20(28)16-18(22)27-19(23)17(21)26-16/h4-7,16H,1-3,8-14H2,(H4,26,27,31)(H,28,29,34);2*4-7,13-14,29-30H,1-3,8-11H2,(H4,23,24,28)(H,25,26,31);6-9,13H,2-5,10-11H2,1H3,(H4,22,23,27)(H,24,25,28)/t16-;13-,14+;13-,14-;/m001./s1. The summed E-state index contributed by atoms with van der Waals surface area (Å²) in [5.41, 5.74) is 49.6. The Balaban J connectivity index is 0.000000179. The number of hydrogen-bond acceptors (Lipinski definition) is 34. The van der Waals surface area contributed by atoms with Crippen LogP contribution >= 0.6 is 46.4 Å². The number of rotatable bonds is 33. The first-order valence-electron chi connectivity index (χ1n) is 42.0. The highest BCUT2D eigenvalue weighted by Gasteiger charge is 2.29. The molecule has 6 atom stereocenters. The highest BCUT2D eigenvalue weighted by Crippen LogP contribution is 2.29. The van der Waals surface area contributed by atoms with E-state index in [0.717, 1.165) is 95.6 Å². The number of anilines is 8. The van der Waals surface area contributed by atoms with Gasteiger partial charge in [-0.1, -0.05) is 101 Å². The molecule has 5 aliphatic heterocycles. The van der Waals surface area contributed by atoms with Crippen molar-refractivity contribution >= 4 is 146 Å². The van der Waals surface area contributed by atoms with E-state index in [1.54, 1.807) is 12.0 Å². The lowest BCUT2D eigenvalue weighted by atomic mass is 9.98. The maximum absolute atomic E-state index is 12.5. The normalized spacial score (nSPS) is 16.6. The van der Waals surface area contributed by atoms with E-state index < -0.39 is 35.8 Å². The highest BCUT2D eigenvalue weighted by atomic mass is 35.5. The monoisotopic (exact) mass is 1860 g/mol. The molecule has 39 nitrogen and oxygen atoms in total. The van der Waals surface area contributed by atoms with E-state index in [1.807, 2.05) is 84.9 Å². The molecule has 0 aliphatic carbocycles. The largest absolute Gasteiger partial charge is 0.497 e. The van der Waals surface area contributed by atoms with Crippen molar-refractivity contribution in [3.05, 3.63) is 163 Å². The molecule has 8 aromatic rings. The van der Waals surface area contributed by atoms with E-state index in [2.05, 4.69) is 93.2 Å². The lowest BCUT2D eigenvalue weighted by Gasteiger charge is -2.26. The summed E-state index contributed by atoms with van der Waals surface area (Å²) in [4.78, 5) is 112. The van der Waals surface area contributed by atoms with Crippen LogP contribution in [0.4, 0.5) is 46.5 Å². The van der Waals surface area contributed by atoms with Crippen molar-refractivity contribution in [2.45, 2.75) is 121 Å². The van der Waals surface area contributed by atoms with Gasteiger partial charge < -0.3 is 116 Å². The number of benzene rings is 4. The number of ether oxygens (including phenoxy) is 5. The first-order valence-corrected chi connectivity index (χ1v) is 43.5. The van der Waals surface area contributed by atoms with E-state index >= 15 is 0 Å². The van der Waals surface area contributed by atoms with Gasteiger partial charge in [-0.2, -0.15) is 0 Å². The lowest BCUT2D eigenvalue weighted by molar-refractivity contribution is -0.137. The summed E-state index contributed by atoms with van der Waals surface area (Å²) in [5.74, 6) is 4.38. The van der Waals surface area contributed by atoms with Crippen LogP contribution in [0.15, 0.2) is 117 Å². The molecule has 129 heavy (non-hydrogen) atoms. The van der Waals surface area contributed by atoms with E-state index in [0.29, 0.717) is 136 Å². The van der Waals surface area contributed by atoms with Crippen molar-refractivity contribution in [1.82, 2.24) is 66.0 Å². The molecule has 5 aliphatic rings. The van der Waals surface area contributed by atoms with Crippen LogP contribution in [0, 0.1) is 23.7 Å². The Labute approximate surface area is 764 Å². The molecule has 4 aromatic heterocycles. The number of aliphatic imine (C=N–C) groups is 4. The summed E-state index contributed by atoms with van der Waals surface area (Å²) in [5, 5.41) is 47.0. The number of aliphatic hydroxyl groups is 4. The van der Waals surface area contributed by atoms with Gasteiger partial charge in [-0.3, -0.25) is 43.9 Å². The maximum Gasteiger partial charge on any atom is 0.279 e. The number of amides is 5. The SMILES string of the molecule is COc1ccc(CCCCC2CN=C(NC(=O)c3nc(Cl)c(N)nc3N)C2)cc1.Nc1nc(N)c(C(=O)NC2=NC[C@@H](CCCc3ccc(OCC(=O)N4CCOCC4)cc3)C2)nc1Cl.Nc1nc(N)c(C(=O)NC2=NC[C@@H](CCCc3ccc(OC[C@H](O)CO)cc3)C2)nc1Cl.Nc1nc(N)c(C(=O)NC2=NC[C@H](CCCc3ccc(OC[C@H](O)CO)cc3)C2)nc1Cl. The quantitative estimate of drug-likeness (QED) is 0.0185. The molecule has 13 rings (SSSR count). The van der Waals surface area contributed by atoms with Gasteiger partial charge in [-0.25, -0.2) is 39.9 Å². The molecule has 4 aromatic carbocycles. The second kappa shape index (κ2) is 49.9. The molecule has 5 amide bonds. The van der Waals surface area contributed by atoms with Gasteiger partial charge in [0.2, 0.25) is 0 Å². The fourth-order valence-electron chi connectivity index (χ4n) is 14.0. The molecule has 0 bridgehead atoms. The Morgan fingerprint density at radius 1 is 0.395 bits per heavy atom. The summed E-state index contributed by atoms with van der Waals surface area (Å²) >= 11 is 23.3. The smallest absolute Gasteiger partial charge is 0.279 e. The number of aromatic nitrogens is 8. The average Bonchev–Trinajstić information content (AvgIpc) is 1.58. The molecule has 9 heterocycles.